The van der Waals surface area contributed by atoms with Gasteiger partial charge in [-0.25, -0.2) is 9.97 Å². The van der Waals surface area contributed by atoms with Gasteiger partial charge in [0.1, 0.15) is 5.56 Å². The number of aromatic nitrogens is 2. The SMILES string of the molecule is CCN1c2ccccc2N(C)C(=O)c2cnc(SC)nc21. The lowest BCUT2D eigenvalue weighted by Gasteiger charge is -2.24. The van der Waals surface area contributed by atoms with Gasteiger partial charge in [-0.2, -0.15) is 0 Å². The lowest BCUT2D eigenvalue weighted by atomic mass is 10.2. The molecule has 0 unspecified atom stereocenters. The summed E-state index contributed by atoms with van der Waals surface area (Å²) in [6, 6.07) is 7.87. The maximum Gasteiger partial charge on any atom is 0.263 e. The Kier molecular flexibility index (Phi) is 3.55. The Morgan fingerprint density at radius 1 is 1.24 bits per heavy atom. The van der Waals surface area contributed by atoms with Crippen molar-refractivity contribution in [2.45, 2.75) is 12.1 Å². The van der Waals surface area contributed by atoms with Gasteiger partial charge in [0.15, 0.2) is 11.0 Å². The molecule has 0 spiro atoms. The van der Waals surface area contributed by atoms with E-state index < -0.39 is 0 Å². The van der Waals surface area contributed by atoms with Gasteiger partial charge >= 0.3 is 0 Å². The number of carbonyl (C=O) groups is 1. The molecule has 1 aliphatic heterocycles. The van der Waals surface area contributed by atoms with Gasteiger partial charge in [0.25, 0.3) is 5.91 Å². The lowest BCUT2D eigenvalue weighted by molar-refractivity contribution is 0.0993. The third-order valence-corrected chi connectivity index (χ3v) is 4.13. The molecule has 108 valence electrons. The molecule has 21 heavy (non-hydrogen) atoms. The molecule has 1 amide bonds. The second kappa shape index (κ2) is 5.37. The number of rotatable bonds is 2. The van der Waals surface area contributed by atoms with Crippen LogP contribution in [0.2, 0.25) is 0 Å². The average Bonchev–Trinajstić information content (AvgIpc) is 2.62. The van der Waals surface area contributed by atoms with E-state index in [4.69, 9.17) is 0 Å². The van der Waals surface area contributed by atoms with Crippen LogP contribution in [0, 0.1) is 0 Å². The summed E-state index contributed by atoms with van der Waals surface area (Å²) >= 11 is 1.47. The summed E-state index contributed by atoms with van der Waals surface area (Å²) in [5.74, 6) is 0.597. The number of thioether (sulfide) groups is 1. The van der Waals surface area contributed by atoms with E-state index in [1.165, 1.54) is 11.8 Å². The third-order valence-electron chi connectivity index (χ3n) is 3.57. The summed E-state index contributed by atoms with van der Waals surface area (Å²) in [4.78, 5) is 25.2. The summed E-state index contributed by atoms with van der Waals surface area (Å²) in [6.07, 6.45) is 3.55. The van der Waals surface area contributed by atoms with Crippen LogP contribution in [0.15, 0.2) is 35.6 Å². The van der Waals surface area contributed by atoms with E-state index in [1.807, 2.05) is 30.5 Å². The molecule has 3 rings (SSSR count). The standard InChI is InChI=1S/C15H16N4OS/c1-4-19-12-8-6-5-7-11(12)18(2)14(20)10-9-16-15(21-3)17-13(10)19/h5-9H,4H2,1-3H3. The van der Waals surface area contributed by atoms with Crippen molar-refractivity contribution in [3.8, 4) is 0 Å². The minimum Gasteiger partial charge on any atom is -0.324 e. The minimum atomic E-state index is -0.0824. The quantitative estimate of drug-likeness (QED) is 0.630. The topological polar surface area (TPSA) is 49.3 Å². The molecule has 0 bridgehead atoms. The van der Waals surface area contributed by atoms with E-state index in [2.05, 4.69) is 21.8 Å². The largest absolute Gasteiger partial charge is 0.324 e. The molecule has 0 fully saturated rings. The molecular formula is C15H16N4OS. The van der Waals surface area contributed by atoms with Crippen molar-refractivity contribution in [2.24, 2.45) is 0 Å². The molecule has 2 heterocycles. The second-order valence-electron chi connectivity index (χ2n) is 4.69. The van der Waals surface area contributed by atoms with Crippen molar-refractivity contribution in [3.05, 3.63) is 36.0 Å². The first kappa shape index (κ1) is 13.9. The van der Waals surface area contributed by atoms with Crippen LogP contribution in [-0.2, 0) is 0 Å². The third kappa shape index (κ3) is 2.15. The number of amides is 1. The predicted molar refractivity (Wildman–Crippen MR) is 85.7 cm³/mol. The molecule has 5 nitrogen and oxygen atoms in total. The van der Waals surface area contributed by atoms with Gasteiger partial charge in [-0.3, -0.25) is 4.79 Å². The molecule has 0 N–H and O–H groups in total. The van der Waals surface area contributed by atoms with E-state index in [9.17, 15) is 4.79 Å². The van der Waals surface area contributed by atoms with Crippen molar-refractivity contribution in [3.63, 3.8) is 0 Å². The Morgan fingerprint density at radius 3 is 2.62 bits per heavy atom. The van der Waals surface area contributed by atoms with E-state index in [0.717, 1.165) is 17.9 Å². The maximum atomic E-state index is 12.7. The number of hydrogen-bond acceptors (Lipinski definition) is 5. The highest BCUT2D eigenvalue weighted by atomic mass is 32.2. The monoisotopic (exact) mass is 300 g/mol. The van der Waals surface area contributed by atoms with Crippen LogP contribution in [-0.4, -0.2) is 35.7 Å². The summed E-state index contributed by atoms with van der Waals surface area (Å²) < 4.78 is 0. The molecule has 0 radical (unpaired) electrons. The van der Waals surface area contributed by atoms with Gasteiger partial charge in [0, 0.05) is 19.8 Å². The number of benzene rings is 1. The summed E-state index contributed by atoms with van der Waals surface area (Å²) in [5.41, 5.74) is 2.40. The summed E-state index contributed by atoms with van der Waals surface area (Å²) in [6.45, 7) is 2.78. The molecule has 0 aliphatic carbocycles. The molecule has 0 atom stereocenters. The number of hydrogen-bond donors (Lipinski definition) is 0. The van der Waals surface area contributed by atoms with Crippen molar-refractivity contribution in [2.75, 3.05) is 29.6 Å². The van der Waals surface area contributed by atoms with E-state index in [1.54, 1.807) is 18.1 Å². The van der Waals surface area contributed by atoms with Gasteiger partial charge in [-0.05, 0) is 25.3 Å². The van der Waals surface area contributed by atoms with Gasteiger partial charge < -0.3 is 9.80 Å². The van der Waals surface area contributed by atoms with Crippen LogP contribution in [0.1, 0.15) is 17.3 Å². The molecule has 0 saturated heterocycles. The molecule has 1 aromatic heterocycles. The molecular weight excluding hydrogens is 284 g/mol. The molecule has 1 aliphatic rings. The molecule has 1 aromatic carbocycles. The van der Waals surface area contributed by atoms with Crippen molar-refractivity contribution >= 4 is 34.9 Å². The Labute approximate surface area is 128 Å². The molecule has 6 heteroatoms. The fraction of sp³-hybridized carbons (Fsp3) is 0.267. The van der Waals surface area contributed by atoms with Crippen LogP contribution in [0.4, 0.5) is 17.2 Å². The zero-order valence-electron chi connectivity index (χ0n) is 12.2. The predicted octanol–water partition coefficient (Wildman–Crippen LogP) is 2.95. The first-order chi connectivity index (χ1) is 10.2. The van der Waals surface area contributed by atoms with Gasteiger partial charge in [0.05, 0.1) is 11.4 Å². The highest BCUT2D eigenvalue weighted by molar-refractivity contribution is 7.98. The van der Waals surface area contributed by atoms with Gasteiger partial charge in [0.2, 0.25) is 0 Å². The Hall–Kier alpha value is -2.08. The van der Waals surface area contributed by atoms with Gasteiger partial charge in [-0.15, -0.1) is 0 Å². The smallest absolute Gasteiger partial charge is 0.263 e. The van der Waals surface area contributed by atoms with Crippen LogP contribution >= 0.6 is 11.8 Å². The Bertz CT molecular complexity index is 704. The maximum absolute atomic E-state index is 12.7. The minimum absolute atomic E-state index is 0.0824. The Morgan fingerprint density at radius 2 is 1.95 bits per heavy atom. The number of carbonyl (C=O) groups excluding carboxylic acids is 1. The van der Waals surface area contributed by atoms with Crippen molar-refractivity contribution in [1.82, 2.24) is 9.97 Å². The zero-order chi connectivity index (χ0) is 15.0. The van der Waals surface area contributed by atoms with Crippen LogP contribution in [0.3, 0.4) is 0 Å². The van der Waals surface area contributed by atoms with Crippen LogP contribution < -0.4 is 9.80 Å². The lowest BCUT2D eigenvalue weighted by Crippen LogP contribution is -2.25. The second-order valence-corrected chi connectivity index (χ2v) is 5.46. The fourth-order valence-corrected chi connectivity index (χ4v) is 2.85. The van der Waals surface area contributed by atoms with E-state index >= 15 is 0 Å². The van der Waals surface area contributed by atoms with E-state index in [0.29, 0.717) is 16.5 Å². The average molecular weight is 300 g/mol. The number of nitrogens with zero attached hydrogens (tertiary/aromatic N) is 4. The first-order valence-corrected chi connectivity index (χ1v) is 7.95. The van der Waals surface area contributed by atoms with Crippen LogP contribution in [0.5, 0.6) is 0 Å². The number of para-hydroxylation sites is 2. The summed E-state index contributed by atoms with van der Waals surface area (Å²) in [7, 11) is 1.78. The van der Waals surface area contributed by atoms with Gasteiger partial charge in [-0.1, -0.05) is 23.9 Å². The molecule has 0 saturated carbocycles. The summed E-state index contributed by atoms with van der Waals surface area (Å²) in [5, 5.41) is 0.669. The van der Waals surface area contributed by atoms with Crippen molar-refractivity contribution < 1.29 is 4.79 Å². The number of fused-ring (bicyclic) bond motifs is 2. The zero-order valence-corrected chi connectivity index (χ0v) is 13.0. The van der Waals surface area contributed by atoms with E-state index in [-0.39, 0.29) is 5.91 Å². The van der Waals surface area contributed by atoms with Crippen molar-refractivity contribution in [1.29, 1.82) is 0 Å². The molecule has 2 aromatic rings. The number of anilines is 3. The highest BCUT2D eigenvalue weighted by Crippen LogP contribution is 2.38. The highest BCUT2D eigenvalue weighted by Gasteiger charge is 2.29. The van der Waals surface area contributed by atoms with Crippen LogP contribution in [0.25, 0.3) is 0 Å². The Balaban J connectivity index is 2.29. The first-order valence-electron chi connectivity index (χ1n) is 6.73. The normalized spacial score (nSPS) is 13.8. The fourth-order valence-electron chi connectivity index (χ4n) is 2.51.